The summed E-state index contributed by atoms with van der Waals surface area (Å²) in [6, 6.07) is 11.7. The van der Waals surface area contributed by atoms with Crippen LogP contribution in [0.2, 0.25) is 0 Å². The van der Waals surface area contributed by atoms with Crippen LogP contribution in [0.3, 0.4) is 0 Å². The third-order valence-corrected chi connectivity index (χ3v) is 3.35. The van der Waals surface area contributed by atoms with E-state index in [0.717, 1.165) is 27.8 Å². The second kappa shape index (κ2) is 5.35. The molecule has 0 fully saturated rings. The van der Waals surface area contributed by atoms with E-state index in [2.05, 4.69) is 4.98 Å². The Bertz CT molecular complexity index is 708. The summed E-state index contributed by atoms with van der Waals surface area (Å²) in [5, 5.41) is 10.5. The van der Waals surface area contributed by atoms with Crippen molar-refractivity contribution in [2.45, 2.75) is 13.2 Å². The van der Waals surface area contributed by atoms with Crippen LogP contribution in [0.4, 0.5) is 5.82 Å². The minimum Gasteiger partial charge on any atom is -0.472 e. The summed E-state index contributed by atoms with van der Waals surface area (Å²) >= 11 is 0. The first-order valence-corrected chi connectivity index (χ1v) is 6.49. The molecule has 0 aliphatic heterocycles. The van der Waals surface area contributed by atoms with Gasteiger partial charge in [0.05, 0.1) is 24.6 Å². The van der Waals surface area contributed by atoms with Crippen LogP contribution in [0.1, 0.15) is 11.1 Å². The van der Waals surface area contributed by atoms with E-state index in [1.165, 1.54) is 0 Å². The number of nitrogens with zero attached hydrogens (tertiary/aromatic N) is 2. The van der Waals surface area contributed by atoms with Crippen molar-refractivity contribution >= 4 is 16.7 Å². The van der Waals surface area contributed by atoms with Crippen molar-refractivity contribution in [2.75, 3.05) is 11.9 Å². The first-order valence-electron chi connectivity index (χ1n) is 6.49. The molecule has 0 atom stereocenters. The van der Waals surface area contributed by atoms with Gasteiger partial charge >= 0.3 is 0 Å². The summed E-state index contributed by atoms with van der Waals surface area (Å²) in [5.41, 5.74) is 2.88. The third kappa shape index (κ3) is 2.38. The number of rotatable bonds is 4. The van der Waals surface area contributed by atoms with Gasteiger partial charge in [-0.1, -0.05) is 18.2 Å². The molecule has 0 bridgehead atoms. The molecule has 0 aliphatic carbocycles. The third-order valence-electron chi connectivity index (χ3n) is 3.35. The normalized spacial score (nSPS) is 10.9. The largest absolute Gasteiger partial charge is 0.472 e. The van der Waals surface area contributed by atoms with Gasteiger partial charge in [-0.15, -0.1) is 0 Å². The number of fused-ring (bicyclic) bond motifs is 1. The summed E-state index contributed by atoms with van der Waals surface area (Å²) in [5.74, 6) is 0.842. The number of anilines is 1. The molecule has 0 radical (unpaired) electrons. The van der Waals surface area contributed by atoms with Gasteiger partial charge in [0.25, 0.3) is 0 Å². The molecule has 4 heteroatoms. The van der Waals surface area contributed by atoms with Crippen molar-refractivity contribution in [1.29, 1.82) is 0 Å². The topological polar surface area (TPSA) is 49.5 Å². The molecule has 0 amide bonds. The molecule has 2 heterocycles. The maximum Gasteiger partial charge on any atom is 0.129 e. The molecule has 4 nitrogen and oxygen atoms in total. The molecule has 20 heavy (non-hydrogen) atoms. The fourth-order valence-electron chi connectivity index (χ4n) is 2.30. The summed E-state index contributed by atoms with van der Waals surface area (Å²) in [6.07, 6.45) is 3.39. The zero-order chi connectivity index (χ0) is 13.9. The Hall–Kier alpha value is -2.33. The van der Waals surface area contributed by atoms with Gasteiger partial charge in [0.2, 0.25) is 0 Å². The number of hydrogen-bond donors (Lipinski definition) is 1. The van der Waals surface area contributed by atoms with Crippen molar-refractivity contribution in [3.8, 4) is 0 Å². The number of aliphatic hydroxyl groups excluding tert-OH is 1. The highest BCUT2D eigenvalue weighted by Gasteiger charge is 2.09. The Morgan fingerprint density at radius 1 is 1.25 bits per heavy atom. The monoisotopic (exact) mass is 268 g/mol. The number of para-hydroxylation sites is 1. The van der Waals surface area contributed by atoms with Gasteiger partial charge in [-0.2, -0.15) is 0 Å². The van der Waals surface area contributed by atoms with Gasteiger partial charge in [0.15, 0.2) is 0 Å². The first-order chi connectivity index (χ1) is 9.78. The Kier molecular flexibility index (Phi) is 3.39. The Balaban J connectivity index is 1.98. The number of benzene rings is 1. The van der Waals surface area contributed by atoms with E-state index >= 15 is 0 Å². The molecule has 102 valence electrons. The van der Waals surface area contributed by atoms with Gasteiger partial charge in [-0.05, 0) is 23.8 Å². The highest BCUT2D eigenvalue weighted by Crippen LogP contribution is 2.23. The molecular formula is C16H16N2O2. The fourth-order valence-corrected chi connectivity index (χ4v) is 2.30. The SMILES string of the molecule is CN(Cc1ccoc1)c1cc(CO)c2ccccc2n1. The number of hydrogen-bond acceptors (Lipinski definition) is 4. The zero-order valence-corrected chi connectivity index (χ0v) is 11.3. The average Bonchev–Trinajstić information content (AvgIpc) is 2.99. The van der Waals surface area contributed by atoms with Crippen molar-refractivity contribution in [3.05, 3.63) is 60.1 Å². The van der Waals surface area contributed by atoms with Gasteiger partial charge in [-0.3, -0.25) is 0 Å². The quantitative estimate of drug-likeness (QED) is 0.790. The van der Waals surface area contributed by atoms with Gasteiger partial charge in [0, 0.05) is 24.5 Å². The van der Waals surface area contributed by atoms with E-state index in [1.54, 1.807) is 12.5 Å². The average molecular weight is 268 g/mol. The number of aromatic nitrogens is 1. The standard InChI is InChI=1S/C16H16N2O2/c1-18(9-12-6-7-20-11-12)16-8-13(10-19)14-4-2-3-5-15(14)17-16/h2-8,11,19H,9-10H2,1H3. The lowest BCUT2D eigenvalue weighted by Crippen LogP contribution is -2.17. The summed E-state index contributed by atoms with van der Waals surface area (Å²) in [6.45, 7) is 0.724. The van der Waals surface area contributed by atoms with Crippen LogP contribution in [0.15, 0.2) is 53.3 Å². The lowest BCUT2D eigenvalue weighted by atomic mass is 10.1. The van der Waals surface area contributed by atoms with E-state index in [0.29, 0.717) is 6.54 Å². The predicted octanol–water partition coefficient (Wildman–Crippen LogP) is 2.96. The summed E-state index contributed by atoms with van der Waals surface area (Å²) < 4.78 is 5.08. The number of furan rings is 1. The summed E-state index contributed by atoms with van der Waals surface area (Å²) in [4.78, 5) is 6.69. The van der Waals surface area contributed by atoms with Crippen LogP contribution in [0.5, 0.6) is 0 Å². The predicted molar refractivity (Wildman–Crippen MR) is 78.5 cm³/mol. The maximum absolute atomic E-state index is 9.54. The smallest absolute Gasteiger partial charge is 0.129 e. The first kappa shape index (κ1) is 12.7. The molecule has 0 aliphatic rings. The van der Waals surface area contributed by atoms with E-state index in [1.807, 2.05) is 48.3 Å². The molecule has 0 saturated carbocycles. The Morgan fingerprint density at radius 3 is 2.85 bits per heavy atom. The molecule has 3 rings (SSSR count). The van der Waals surface area contributed by atoms with Crippen LogP contribution < -0.4 is 4.90 Å². The fraction of sp³-hybridized carbons (Fsp3) is 0.188. The highest BCUT2D eigenvalue weighted by molar-refractivity contribution is 5.84. The molecular weight excluding hydrogens is 252 g/mol. The van der Waals surface area contributed by atoms with Gasteiger partial charge in [0.1, 0.15) is 5.82 Å². The summed E-state index contributed by atoms with van der Waals surface area (Å²) in [7, 11) is 1.98. The van der Waals surface area contributed by atoms with Crippen LogP contribution in [-0.2, 0) is 13.2 Å². The highest BCUT2D eigenvalue weighted by atomic mass is 16.3. The van der Waals surface area contributed by atoms with E-state index in [4.69, 9.17) is 4.42 Å². The van der Waals surface area contributed by atoms with Gasteiger partial charge in [-0.25, -0.2) is 4.98 Å². The lowest BCUT2D eigenvalue weighted by Gasteiger charge is -2.19. The van der Waals surface area contributed by atoms with Crippen molar-refractivity contribution in [1.82, 2.24) is 4.98 Å². The minimum absolute atomic E-state index is 0.00951. The van der Waals surface area contributed by atoms with Crippen LogP contribution in [-0.4, -0.2) is 17.1 Å². The number of aliphatic hydroxyl groups is 1. The van der Waals surface area contributed by atoms with Crippen LogP contribution in [0.25, 0.3) is 10.9 Å². The molecule has 0 spiro atoms. The van der Waals surface area contributed by atoms with E-state index in [-0.39, 0.29) is 6.61 Å². The van der Waals surface area contributed by atoms with E-state index in [9.17, 15) is 5.11 Å². The molecule has 2 aromatic heterocycles. The molecule has 3 aromatic rings. The maximum atomic E-state index is 9.54. The number of pyridine rings is 1. The van der Waals surface area contributed by atoms with Crippen molar-refractivity contribution in [3.63, 3.8) is 0 Å². The second-order valence-corrected chi connectivity index (χ2v) is 4.80. The lowest BCUT2D eigenvalue weighted by molar-refractivity contribution is 0.283. The van der Waals surface area contributed by atoms with Crippen LogP contribution in [0, 0.1) is 0 Å². The van der Waals surface area contributed by atoms with Crippen molar-refractivity contribution in [2.24, 2.45) is 0 Å². The van der Waals surface area contributed by atoms with Crippen LogP contribution >= 0.6 is 0 Å². The van der Waals surface area contributed by atoms with Gasteiger partial charge < -0.3 is 14.4 Å². The molecule has 0 unspecified atom stereocenters. The zero-order valence-electron chi connectivity index (χ0n) is 11.3. The molecule has 1 N–H and O–H groups in total. The van der Waals surface area contributed by atoms with Crippen molar-refractivity contribution < 1.29 is 9.52 Å². The Labute approximate surface area is 117 Å². The molecule has 0 saturated heterocycles. The van der Waals surface area contributed by atoms with E-state index < -0.39 is 0 Å². The second-order valence-electron chi connectivity index (χ2n) is 4.80. The minimum atomic E-state index is 0.00951. The molecule has 1 aromatic carbocycles. The Morgan fingerprint density at radius 2 is 2.10 bits per heavy atom.